The van der Waals surface area contributed by atoms with Gasteiger partial charge in [-0.1, -0.05) is 18.2 Å². The number of rotatable bonds is 7. The van der Waals surface area contributed by atoms with Crippen molar-refractivity contribution in [3.8, 4) is 0 Å². The Kier molecular flexibility index (Phi) is 6.15. The van der Waals surface area contributed by atoms with Crippen LogP contribution in [0, 0.1) is 18.8 Å². The van der Waals surface area contributed by atoms with E-state index in [1.54, 1.807) is 30.6 Å². The molecule has 0 amide bonds. The Hall–Kier alpha value is -2.65. The van der Waals surface area contributed by atoms with Crippen LogP contribution in [0.25, 0.3) is 11.2 Å². The molecule has 3 atom stereocenters. The first kappa shape index (κ1) is 21.6. The fourth-order valence-corrected chi connectivity index (χ4v) is 4.47. The number of nitrogens with zero attached hydrogens (tertiary/aromatic N) is 4. The molecular formula is C20H23N4O6P. The van der Waals surface area contributed by atoms with E-state index in [-0.39, 0.29) is 31.1 Å². The minimum Gasteiger partial charge on any atom is -0.462 e. The van der Waals surface area contributed by atoms with Crippen molar-refractivity contribution in [3.63, 3.8) is 0 Å². The third kappa shape index (κ3) is 4.99. The van der Waals surface area contributed by atoms with Gasteiger partial charge >= 0.3 is 13.8 Å². The molecule has 1 aliphatic rings. The van der Waals surface area contributed by atoms with Gasteiger partial charge in [0.15, 0.2) is 5.65 Å². The molecule has 1 aromatic carbocycles. The first-order valence-electron chi connectivity index (χ1n) is 9.88. The van der Waals surface area contributed by atoms with Gasteiger partial charge in [-0.2, -0.15) is 0 Å². The van der Waals surface area contributed by atoms with Gasteiger partial charge in [0.2, 0.25) is 0 Å². The Morgan fingerprint density at radius 2 is 1.84 bits per heavy atom. The number of esters is 1. The van der Waals surface area contributed by atoms with Crippen LogP contribution >= 0.6 is 7.82 Å². The standard InChI is InChI=1S/C20H23N4O6P/c1-13-18-19(22-11-21-13)24(12-23-18)17-7-15(16(8-17)10-30-31(26,27)28)9-29-20(25)14-5-3-2-4-6-14/h2-6,11-12,15-17H,7-10H2,1H3,(H2,26,27,28)/t15-,16+,17-/m1/s1. The Bertz CT molecular complexity index is 1120. The molecule has 0 bridgehead atoms. The molecule has 0 radical (unpaired) electrons. The fourth-order valence-electron chi connectivity index (χ4n) is 4.08. The van der Waals surface area contributed by atoms with E-state index >= 15 is 0 Å². The van der Waals surface area contributed by atoms with Gasteiger partial charge in [0, 0.05) is 12.0 Å². The van der Waals surface area contributed by atoms with Crippen molar-refractivity contribution in [3.05, 3.63) is 54.2 Å². The van der Waals surface area contributed by atoms with E-state index < -0.39 is 13.8 Å². The number of imidazole rings is 1. The maximum absolute atomic E-state index is 12.3. The van der Waals surface area contributed by atoms with Gasteiger partial charge in [0.1, 0.15) is 11.8 Å². The minimum absolute atomic E-state index is 0.0231. The van der Waals surface area contributed by atoms with E-state index in [0.717, 1.165) is 5.69 Å². The highest BCUT2D eigenvalue weighted by atomic mass is 31.2. The Morgan fingerprint density at radius 1 is 1.13 bits per heavy atom. The van der Waals surface area contributed by atoms with Gasteiger partial charge < -0.3 is 19.1 Å². The lowest BCUT2D eigenvalue weighted by atomic mass is 9.98. The Labute approximate surface area is 178 Å². The van der Waals surface area contributed by atoms with E-state index in [4.69, 9.17) is 19.0 Å². The lowest BCUT2D eigenvalue weighted by Crippen LogP contribution is -2.21. The summed E-state index contributed by atoms with van der Waals surface area (Å²) in [7, 11) is -4.60. The summed E-state index contributed by atoms with van der Waals surface area (Å²) < 4.78 is 23.5. The summed E-state index contributed by atoms with van der Waals surface area (Å²) in [6.45, 7) is 1.85. The molecule has 11 heteroatoms. The Morgan fingerprint density at radius 3 is 2.55 bits per heavy atom. The first-order chi connectivity index (χ1) is 14.8. The third-order valence-electron chi connectivity index (χ3n) is 5.65. The van der Waals surface area contributed by atoms with Gasteiger partial charge in [-0.25, -0.2) is 24.3 Å². The van der Waals surface area contributed by atoms with Crippen LogP contribution in [0.4, 0.5) is 0 Å². The van der Waals surface area contributed by atoms with Crippen LogP contribution < -0.4 is 0 Å². The van der Waals surface area contributed by atoms with Crippen molar-refractivity contribution < 1.29 is 28.4 Å². The molecule has 0 unspecified atom stereocenters. The fraction of sp³-hybridized carbons (Fsp3) is 0.400. The molecule has 0 saturated heterocycles. The Balaban J connectivity index is 1.51. The van der Waals surface area contributed by atoms with Gasteiger partial charge in [0.25, 0.3) is 0 Å². The van der Waals surface area contributed by atoms with Crippen LogP contribution in [-0.2, 0) is 13.8 Å². The molecule has 2 N–H and O–H groups in total. The molecule has 164 valence electrons. The SMILES string of the molecule is Cc1ncnc2c1ncn2[C@H]1C[C@@H](COP(=O)(O)O)[C@@H](COC(=O)c2ccccc2)C1. The molecule has 3 aromatic rings. The normalized spacial score (nSPS) is 21.5. The number of phosphoric ester groups is 1. The van der Waals surface area contributed by atoms with Gasteiger partial charge in [0.05, 0.1) is 30.8 Å². The lowest BCUT2D eigenvalue weighted by molar-refractivity contribution is 0.0374. The molecule has 10 nitrogen and oxygen atoms in total. The molecular weight excluding hydrogens is 423 g/mol. The average molecular weight is 446 g/mol. The second kappa shape index (κ2) is 8.84. The zero-order valence-electron chi connectivity index (χ0n) is 16.9. The predicted molar refractivity (Wildman–Crippen MR) is 110 cm³/mol. The zero-order valence-corrected chi connectivity index (χ0v) is 17.8. The highest BCUT2D eigenvalue weighted by Crippen LogP contribution is 2.44. The van der Waals surface area contributed by atoms with Crippen LogP contribution in [0.5, 0.6) is 0 Å². The van der Waals surface area contributed by atoms with Crippen LogP contribution in [-0.4, -0.2) is 48.5 Å². The minimum atomic E-state index is -4.60. The van der Waals surface area contributed by atoms with Crippen LogP contribution in [0.2, 0.25) is 0 Å². The third-order valence-corrected chi connectivity index (χ3v) is 6.13. The van der Waals surface area contributed by atoms with Crippen molar-refractivity contribution in [1.82, 2.24) is 19.5 Å². The topological polar surface area (TPSA) is 137 Å². The predicted octanol–water partition coefficient (Wildman–Crippen LogP) is 2.67. The highest BCUT2D eigenvalue weighted by Gasteiger charge is 2.38. The molecule has 0 aliphatic heterocycles. The van der Waals surface area contributed by atoms with Crippen LogP contribution in [0.1, 0.15) is 34.9 Å². The number of carbonyl (C=O) groups is 1. The smallest absolute Gasteiger partial charge is 0.462 e. The molecule has 2 aromatic heterocycles. The number of carbonyl (C=O) groups excluding carboxylic acids is 1. The van der Waals surface area contributed by atoms with Gasteiger partial charge in [-0.15, -0.1) is 0 Å². The molecule has 1 fully saturated rings. The van der Waals surface area contributed by atoms with E-state index in [1.807, 2.05) is 17.6 Å². The van der Waals surface area contributed by atoms with Crippen LogP contribution in [0.3, 0.4) is 0 Å². The van der Waals surface area contributed by atoms with Crippen molar-refractivity contribution in [2.45, 2.75) is 25.8 Å². The molecule has 31 heavy (non-hydrogen) atoms. The summed E-state index contributed by atoms with van der Waals surface area (Å²) in [6, 6.07) is 8.65. The largest absolute Gasteiger partial charge is 0.469 e. The number of ether oxygens (including phenoxy) is 1. The highest BCUT2D eigenvalue weighted by molar-refractivity contribution is 7.46. The van der Waals surface area contributed by atoms with E-state index in [1.165, 1.54) is 6.33 Å². The van der Waals surface area contributed by atoms with E-state index in [2.05, 4.69) is 15.0 Å². The number of benzene rings is 1. The monoisotopic (exact) mass is 446 g/mol. The van der Waals surface area contributed by atoms with Crippen molar-refractivity contribution in [1.29, 1.82) is 0 Å². The summed E-state index contributed by atoms with van der Waals surface area (Å²) >= 11 is 0. The van der Waals surface area contributed by atoms with Gasteiger partial charge in [-0.05, 0) is 37.8 Å². The second-order valence-electron chi connectivity index (χ2n) is 7.68. The molecule has 4 rings (SSSR count). The van der Waals surface area contributed by atoms with E-state index in [9.17, 15) is 9.36 Å². The number of hydrogen-bond donors (Lipinski definition) is 2. The first-order valence-corrected chi connectivity index (χ1v) is 11.4. The number of fused-ring (bicyclic) bond motifs is 1. The summed E-state index contributed by atoms with van der Waals surface area (Å²) in [5.74, 6) is -0.777. The van der Waals surface area contributed by atoms with Gasteiger partial charge in [-0.3, -0.25) is 4.52 Å². The molecule has 1 saturated carbocycles. The maximum atomic E-state index is 12.3. The maximum Gasteiger partial charge on any atom is 0.469 e. The number of aryl methyl sites for hydroxylation is 1. The van der Waals surface area contributed by atoms with Crippen molar-refractivity contribution in [2.24, 2.45) is 11.8 Å². The van der Waals surface area contributed by atoms with E-state index in [0.29, 0.717) is 29.6 Å². The summed E-state index contributed by atoms with van der Waals surface area (Å²) in [4.78, 5) is 43.5. The van der Waals surface area contributed by atoms with Crippen molar-refractivity contribution in [2.75, 3.05) is 13.2 Å². The summed E-state index contributed by atoms with van der Waals surface area (Å²) in [5.41, 5.74) is 2.64. The number of phosphoric acid groups is 1. The summed E-state index contributed by atoms with van der Waals surface area (Å²) in [5, 5.41) is 0. The number of aromatic nitrogens is 4. The average Bonchev–Trinajstić information content (AvgIpc) is 3.35. The van der Waals surface area contributed by atoms with Crippen LogP contribution in [0.15, 0.2) is 43.0 Å². The lowest BCUT2D eigenvalue weighted by Gasteiger charge is -2.19. The molecule has 2 heterocycles. The zero-order chi connectivity index (χ0) is 22.0. The number of hydrogen-bond acceptors (Lipinski definition) is 7. The van der Waals surface area contributed by atoms with Crippen molar-refractivity contribution >= 4 is 25.0 Å². The second-order valence-corrected chi connectivity index (χ2v) is 8.92. The molecule has 1 aliphatic carbocycles. The molecule has 0 spiro atoms. The summed E-state index contributed by atoms with van der Waals surface area (Å²) in [6.07, 6.45) is 4.41. The quantitative estimate of drug-likeness (QED) is 0.414.